The lowest BCUT2D eigenvalue weighted by Crippen LogP contribution is -2.21. The highest BCUT2D eigenvalue weighted by atomic mass is 32.2. The molecule has 0 unspecified atom stereocenters. The van der Waals surface area contributed by atoms with Crippen LogP contribution in [0.4, 0.5) is 23.7 Å². The van der Waals surface area contributed by atoms with E-state index >= 15 is 0 Å². The first-order valence-electron chi connectivity index (χ1n) is 9.53. The first-order valence-corrected chi connectivity index (χ1v) is 12.0. The normalized spacial score (nSPS) is 16.0. The Balaban J connectivity index is 2.01. The number of aromatic nitrogens is 1. The average Bonchev–Trinajstić information content (AvgIpc) is 3.29. The van der Waals surface area contributed by atoms with Gasteiger partial charge in [-0.1, -0.05) is 6.92 Å². The Labute approximate surface area is 182 Å². The fraction of sp³-hybridized carbons (Fsp3) is 0.474. The molecule has 0 spiro atoms. The maximum Gasteiger partial charge on any atom is 0.433 e. The van der Waals surface area contributed by atoms with Gasteiger partial charge in [0, 0.05) is 11.3 Å². The van der Waals surface area contributed by atoms with E-state index in [1.807, 2.05) is 0 Å². The summed E-state index contributed by atoms with van der Waals surface area (Å²) in [7, 11) is -3.66. The largest absolute Gasteiger partial charge is 0.433 e. The summed E-state index contributed by atoms with van der Waals surface area (Å²) in [5.74, 6) is 0. The zero-order valence-electron chi connectivity index (χ0n) is 17.2. The van der Waals surface area contributed by atoms with Crippen LogP contribution in [0, 0.1) is 0 Å². The number of anilines is 1. The number of nitrogens with zero attached hydrogens (tertiary/aromatic N) is 2. The molecule has 2 amide bonds. The molecule has 2 aromatic heterocycles. The Morgan fingerprint density at radius 3 is 2.61 bits per heavy atom. The SMILES string of the molecule is CCc1c(C(F)(F)F)nc2c(c1NC(=O)N=[S@](N)(=O)c1cc(C(C)(C)O)cs1)CCC2. The molecule has 7 nitrogen and oxygen atoms in total. The number of nitrogens with two attached hydrogens (primary N) is 1. The van der Waals surface area contributed by atoms with Gasteiger partial charge in [-0.2, -0.15) is 13.2 Å². The third-order valence-electron chi connectivity index (χ3n) is 4.97. The number of amides is 2. The van der Waals surface area contributed by atoms with Crippen molar-refractivity contribution >= 4 is 33.0 Å². The van der Waals surface area contributed by atoms with Crippen molar-refractivity contribution < 1.29 is 27.3 Å². The Morgan fingerprint density at radius 2 is 2.06 bits per heavy atom. The molecular formula is C19H23F3N4O3S2. The van der Waals surface area contributed by atoms with E-state index in [4.69, 9.17) is 5.14 Å². The lowest BCUT2D eigenvalue weighted by atomic mass is 10.0. The van der Waals surface area contributed by atoms with Gasteiger partial charge in [0.1, 0.15) is 9.90 Å². The van der Waals surface area contributed by atoms with Crippen LogP contribution < -0.4 is 10.5 Å². The topological polar surface area (TPSA) is 118 Å². The van der Waals surface area contributed by atoms with Crippen LogP contribution in [-0.4, -0.2) is 20.3 Å². The van der Waals surface area contributed by atoms with Crippen molar-refractivity contribution in [1.29, 1.82) is 0 Å². The molecule has 0 radical (unpaired) electrons. The van der Waals surface area contributed by atoms with Crippen molar-refractivity contribution in [3.05, 3.63) is 39.5 Å². The van der Waals surface area contributed by atoms with Crippen LogP contribution in [0.15, 0.2) is 20.0 Å². The zero-order valence-corrected chi connectivity index (χ0v) is 18.8. The Hall–Kier alpha value is -2.02. The highest BCUT2D eigenvalue weighted by Crippen LogP contribution is 2.39. The number of fused-ring (bicyclic) bond motifs is 1. The van der Waals surface area contributed by atoms with Crippen LogP contribution in [-0.2, 0) is 41.0 Å². The van der Waals surface area contributed by atoms with Crippen LogP contribution in [0.1, 0.15) is 55.3 Å². The smallest absolute Gasteiger partial charge is 0.386 e. The number of thiophene rings is 1. The van der Waals surface area contributed by atoms with Crippen molar-refractivity contribution in [2.24, 2.45) is 9.50 Å². The molecule has 2 heterocycles. The molecule has 1 aliphatic rings. The minimum Gasteiger partial charge on any atom is -0.386 e. The second-order valence-corrected chi connectivity index (χ2v) is 10.7. The van der Waals surface area contributed by atoms with E-state index in [-0.39, 0.29) is 21.9 Å². The van der Waals surface area contributed by atoms with Crippen molar-refractivity contribution in [3.8, 4) is 0 Å². The summed E-state index contributed by atoms with van der Waals surface area (Å²) < 4.78 is 57.0. The maximum atomic E-state index is 13.5. The highest BCUT2D eigenvalue weighted by molar-refractivity contribution is 7.93. The maximum absolute atomic E-state index is 13.5. The molecule has 0 aliphatic heterocycles. The van der Waals surface area contributed by atoms with E-state index in [2.05, 4.69) is 14.7 Å². The molecule has 1 atom stereocenters. The summed E-state index contributed by atoms with van der Waals surface area (Å²) in [4.78, 5) is 16.4. The number of carbonyl (C=O) groups excluding carboxylic acids is 1. The number of nitrogens with one attached hydrogen (secondary N) is 1. The average molecular weight is 477 g/mol. The number of hydrogen-bond donors (Lipinski definition) is 3. The molecule has 1 aliphatic carbocycles. The molecule has 12 heteroatoms. The van der Waals surface area contributed by atoms with Crippen molar-refractivity contribution in [1.82, 2.24) is 4.98 Å². The fourth-order valence-corrected chi connectivity index (χ4v) is 5.72. The Kier molecular flexibility index (Phi) is 6.22. The second-order valence-electron chi connectivity index (χ2n) is 7.75. The molecule has 0 aromatic carbocycles. The number of urea groups is 1. The first kappa shape index (κ1) is 23.6. The summed E-state index contributed by atoms with van der Waals surface area (Å²) in [6.45, 7) is 4.61. The molecule has 3 rings (SSSR count). The number of alkyl halides is 3. The van der Waals surface area contributed by atoms with Crippen molar-refractivity contribution in [2.45, 2.75) is 62.4 Å². The van der Waals surface area contributed by atoms with Gasteiger partial charge in [-0.05, 0) is 62.1 Å². The van der Waals surface area contributed by atoms with Gasteiger partial charge >= 0.3 is 12.2 Å². The van der Waals surface area contributed by atoms with Gasteiger partial charge in [0.2, 0.25) is 0 Å². The zero-order chi connectivity index (χ0) is 23.2. The van der Waals surface area contributed by atoms with Crippen LogP contribution >= 0.6 is 11.3 Å². The first-order chi connectivity index (χ1) is 14.2. The molecule has 170 valence electrons. The summed E-state index contributed by atoms with van der Waals surface area (Å²) in [5, 5.41) is 19.8. The molecule has 0 saturated heterocycles. The number of halogens is 3. The van der Waals surface area contributed by atoms with Gasteiger partial charge in [-0.25, -0.2) is 19.1 Å². The van der Waals surface area contributed by atoms with E-state index in [1.165, 1.54) is 26.8 Å². The predicted molar refractivity (Wildman–Crippen MR) is 112 cm³/mol. The molecular weight excluding hydrogens is 453 g/mol. The highest BCUT2D eigenvalue weighted by Gasteiger charge is 2.38. The fourth-order valence-electron chi connectivity index (χ4n) is 3.44. The standard InChI is InChI=1S/C19H23F3N4O3S2/c1-4-11-15(12-6-5-7-13(12)24-16(11)19(20,21)22)25-17(27)26-31(23,29)14-8-10(9-30-14)18(2,3)28/h8-9,28H,4-7H2,1-3H3,(H3,23,24,25,26,27,29)/t31-/m0/s1. The predicted octanol–water partition coefficient (Wildman–Crippen LogP) is 4.37. The number of rotatable bonds is 4. The van der Waals surface area contributed by atoms with Crippen molar-refractivity contribution in [3.63, 3.8) is 0 Å². The quantitative estimate of drug-likeness (QED) is 0.607. The summed E-state index contributed by atoms with van der Waals surface area (Å²) in [6, 6.07) is 0.293. The van der Waals surface area contributed by atoms with E-state index in [0.717, 1.165) is 11.3 Å². The molecule has 0 saturated carbocycles. The summed E-state index contributed by atoms with van der Waals surface area (Å²) in [5.41, 5.74) is -1.07. The van der Waals surface area contributed by atoms with Crippen molar-refractivity contribution in [2.75, 3.05) is 5.32 Å². The third kappa shape index (κ3) is 4.92. The number of carbonyl (C=O) groups is 1. The lowest BCUT2D eigenvalue weighted by Gasteiger charge is -2.19. The molecule has 0 bridgehead atoms. The van der Waals surface area contributed by atoms with E-state index in [1.54, 1.807) is 5.38 Å². The van der Waals surface area contributed by atoms with E-state index in [9.17, 15) is 27.3 Å². The van der Waals surface area contributed by atoms with E-state index in [0.29, 0.717) is 36.1 Å². The molecule has 31 heavy (non-hydrogen) atoms. The van der Waals surface area contributed by atoms with Crippen LogP contribution in [0.25, 0.3) is 0 Å². The van der Waals surface area contributed by atoms with Crippen LogP contribution in [0.2, 0.25) is 0 Å². The van der Waals surface area contributed by atoms with Gasteiger partial charge in [0.25, 0.3) is 0 Å². The Morgan fingerprint density at radius 1 is 1.39 bits per heavy atom. The van der Waals surface area contributed by atoms with Gasteiger partial charge in [-0.3, -0.25) is 0 Å². The minimum absolute atomic E-state index is 0.0113. The summed E-state index contributed by atoms with van der Waals surface area (Å²) >= 11 is 0.972. The van der Waals surface area contributed by atoms with Gasteiger partial charge in [0.15, 0.2) is 9.92 Å². The number of pyridine rings is 1. The monoisotopic (exact) mass is 476 g/mol. The van der Waals surface area contributed by atoms with E-state index < -0.39 is 33.4 Å². The number of aliphatic hydroxyl groups is 1. The van der Waals surface area contributed by atoms with Gasteiger partial charge in [-0.15, -0.1) is 15.7 Å². The van der Waals surface area contributed by atoms with Gasteiger partial charge in [0.05, 0.1) is 11.3 Å². The second kappa shape index (κ2) is 8.15. The number of aryl methyl sites for hydroxylation is 1. The van der Waals surface area contributed by atoms with Crippen LogP contribution in [0.5, 0.6) is 0 Å². The molecule has 4 N–H and O–H groups in total. The van der Waals surface area contributed by atoms with Gasteiger partial charge < -0.3 is 10.4 Å². The summed E-state index contributed by atoms with van der Waals surface area (Å²) in [6.07, 6.45) is -3.21. The minimum atomic E-state index is -4.68. The number of hydrogen-bond acceptors (Lipinski definition) is 5. The van der Waals surface area contributed by atoms with Crippen LogP contribution in [0.3, 0.4) is 0 Å². The molecule has 2 aromatic rings. The third-order valence-corrected chi connectivity index (χ3v) is 7.83. The molecule has 0 fully saturated rings. The Bertz CT molecular complexity index is 1140. The lowest BCUT2D eigenvalue weighted by molar-refractivity contribution is -0.141.